The van der Waals surface area contributed by atoms with E-state index in [4.69, 9.17) is 4.74 Å². The predicted octanol–water partition coefficient (Wildman–Crippen LogP) is 3.65. The molecule has 0 aliphatic heterocycles. The van der Waals surface area contributed by atoms with Crippen LogP contribution in [0.15, 0.2) is 35.9 Å². The molecule has 1 aliphatic rings. The van der Waals surface area contributed by atoms with Gasteiger partial charge in [0.15, 0.2) is 0 Å². The minimum Gasteiger partial charge on any atom is -0.497 e. The van der Waals surface area contributed by atoms with Crippen molar-refractivity contribution in [3.63, 3.8) is 0 Å². The Hall–Kier alpha value is -1.68. The van der Waals surface area contributed by atoms with Gasteiger partial charge in [-0.25, -0.2) is 0 Å². The highest BCUT2D eigenvalue weighted by atomic mass is 16.5. The van der Waals surface area contributed by atoms with Crippen molar-refractivity contribution in [3.05, 3.63) is 41.5 Å². The summed E-state index contributed by atoms with van der Waals surface area (Å²) in [5.41, 5.74) is 2.60. The lowest BCUT2D eigenvalue weighted by atomic mass is 9.65. The number of methoxy groups -OCH3 is 1. The van der Waals surface area contributed by atoms with E-state index < -0.39 is 0 Å². The standard InChI is InChI=1S/C16H18O/c1-12-14(11-16(12,2)3)8-5-13-6-9-15(17-4)10-7-13/h6-7,9-12H,1-4H3. The molecule has 0 saturated heterocycles. The van der Waals surface area contributed by atoms with E-state index in [0.717, 1.165) is 11.3 Å². The van der Waals surface area contributed by atoms with Gasteiger partial charge >= 0.3 is 0 Å². The summed E-state index contributed by atoms with van der Waals surface area (Å²) in [6, 6.07) is 7.85. The lowest BCUT2D eigenvalue weighted by Crippen LogP contribution is -2.29. The normalized spacial score (nSPS) is 20.7. The number of benzene rings is 1. The monoisotopic (exact) mass is 226 g/mol. The molecule has 0 amide bonds. The van der Waals surface area contributed by atoms with Gasteiger partial charge in [0.25, 0.3) is 0 Å². The molecule has 0 heterocycles. The van der Waals surface area contributed by atoms with Crippen molar-refractivity contribution < 1.29 is 4.74 Å². The second-order valence-electron chi connectivity index (χ2n) is 5.12. The lowest BCUT2D eigenvalue weighted by molar-refractivity contribution is 0.306. The van der Waals surface area contributed by atoms with Crippen LogP contribution in [0.5, 0.6) is 5.75 Å². The van der Waals surface area contributed by atoms with Crippen LogP contribution < -0.4 is 4.74 Å². The van der Waals surface area contributed by atoms with Gasteiger partial charge in [-0.05, 0) is 35.6 Å². The van der Waals surface area contributed by atoms with Crippen molar-refractivity contribution in [3.8, 4) is 17.6 Å². The fourth-order valence-electron chi connectivity index (χ4n) is 1.92. The highest BCUT2D eigenvalue weighted by molar-refractivity contribution is 5.47. The van der Waals surface area contributed by atoms with E-state index in [-0.39, 0.29) is 0 Å². The Kier molecular flexibility index (Phi) is 2.98. The van der Waals surface area contributed by atoms with Gasteiger partial charge in [0, 0.05) is 11.1 Å². The van der Waals surface area contributed by atoms with Crippen molar-refractivity contribution in [2.24, 2.45) is 11.3 Å². The molecule has 1 aromatic rings. The first kappa shape index (κ1) is 11.8. The average molecular weight is 226 g/mol. The maximum Gasteiger partial charge on any atom is 0.118 e. The highest BCUT2D eigenvalue weighted by Gasteiger charge is 2.34. The van der Waals surface area contributed by atoms with Gasteiger partial charge in [0.05, 0.1) is 7.11 Å². The van der Waals surface area contributed by atoms with E-state index in [1.165, 1.54) is 5.57 Å². The molecule has 0 bridgehead atoms. The van der Waals surface area contributed by atoms with E-state index in [1.54, 1.807) is 7.11 Å². The summed E-state index contributed by atoms with van der Waals surface area (Å²) in [6.45, 7) is 6.73. The van der Waals surface area contributed by atoms with E-state index in [9.17, 15) is 0 Å². The van der Waals surface area contributed by atoms with Crippen LogP contribution in [-0.2, 0) is 0 Å². The van der Waals surface area contributed by atoms with Crippen molar-refractivity contribution in [1.82, 2.24) is 0 Å². The van der Waals surface area contributed by atoms with Gasteiger partial charge in [0.1, 0.15) is 5.75 Å². The van der Waals surface area contributed by atoms with Gasteiger partial charge in [0.2, 0.25) is 0 Å². The van der Waals surface area contributed by atoms with Crippen LogP contribution in [0.1, 0.15) is 26.3 Å². The summed E-state index contributed by atoms with van der Waals surface area (Å²) in [6.07, 6.45) is 2.26. The minimum atomic E-state index is 0.309. The van der Waals surface area contributed by atoms with Crippen molar-refractivity contribution in [2.45, 2.75) is 20.8 Å². The molecule has 1 atom stereocenters. The molecular weight excluding hydrogens is 208 g/mol. The summed E-state index contributed by atoms with van der Waals surface area (Å²) >= 11 is 0. The Bertz CT molecular complexity index is 495. The number of ether oxygens (including phenoxy) is 1. The summed E-state index contributed by atoms with van der Waals surface area (Å²) in [4.78, 5) is 0. The molecule has 0 N–H and O–H groups in total. The van der Waals surface area contributed by atoms with Crippen molar-refractivity contribution >= 4 is 0 Å². The first-order valence-electron chi connectivity index (χ1n) is 5.92. The lowest BCUT2D eigenvalue weighted by Gasteiger charge is -2.38. The number of rotatable bonds is 1. The summed E-state index contributed by atoms with van der Waals surface area (Å²) in [5, 5.41) is 0. The maximum atomic E-state index is 5.11. The third-order valence-corrected chi connectivity index (χ3v) is 3.55. The fraction of sp³-hybridized carbons (Fsp3) is 0.375. The van der Waals surface area contributed by atoms with Crippen LogP contribution in [0.3, 0.4) is 0 Å². The maximum absolute atomic E-state index is 5.11. The zero-order valence-electron chi connectivity index (χ0n) is 10.9. The quantitative estimate of drug-likeness (QED) is 0.664. The van der Waals surface area contributed by atoms with E-state index >= 15 is 0 Å². The van der Waals surface area contributed by atoms with Crippen molar-refractivity contribution in [2.75, 3.05) is 7.11 Å². The van der Waals surface area contributed by atoms with Gasteiger partial charge in [-0.1, -0.05) is 38.7 Å². The SMILES string of the molecule is COc1ccc(C#CC2=CC(C)(C)C2C)cc1. The first-order valence-corrected chi connectivity index (χ1v) is 5.92. The van der Waals surface area contributed by atoms with Crippen molar-refractivity contribution in [1.29, 1.82) is 0 Å². The van der Waals surface area contributed by atoms with Crippen LogP contribution in [0, 0.1) is 23.2 Å². The molecule has 1 aliphatic carbocycles. The largest absolute Gasteiger partial charge is 0.497 e. The van der Waals surface area contributed by atoms with Crippen LogP contribution >= 0.6 is 0 Å². The minimum absolute atomic E-state index is 0.309. The molecule has 0 fully saturated rings. The molecule has 2 rings (SSSR count). The van der Waals surface area contributed by atoms with Gasteiger partial charge in [-0.2, -0.15) is 0 Å². The van der Waals surface area contributed by atoms with E-state index in [1.807, 2.05) is 24.3 Å². The molecule has 0 saturated carbocycles. The molecule has 88 valence electrons. The fourth-order valence-corrected chi connectivity index (χ4v) is 1.92. The topological polar surface area (TPSA) is 9.23 Å². The van der Waals surface area contributed by atoms with Gasteiger partial charge in [-0.15, -0.1) is 0 Å². The zero-order valence-corrected chi connectivity index (χ0v) is 10.9. The number of hydrogen-bond donors (Lipinski definition) is 0. The summed E-state index contributed by atoms with van der Waals surface area (Å²) < 4.78 is 5.11. The smallest absolute Gasteiger partial charge is 0.118 e. The summed E-state index contributed by atoms with van der Waals surface area (Å²) in [5.74, 6) is 7.87. The molecule has 1 heteroatoms. The van der Waals surface area contributed by atoms with E-state index in [0.29, 0.717) is 11.3 Å². The third kappa shape index (κ3) is 2.36. The summed E-state index contributed by atoms with van der Waals surface area (Å²) in [7, 11) is 1.67. The second-order valence-corrected chi connectivity index (χ2v) is 5.12. The van der Waals surface area contributed by atoms with E-state index in [2.05, 4.69) is 38.7 Å². The van der Waals surface area contributed by atoms with Crippen LogP contribution in [0.4, 0.5) is 0 Å². The first-order chi connectivity index (χ1) is 8.03. The third-order valence-electron chi connectivity index (χ3n) is 3.55. The van der Waals surface area contributed by atoms with Crippen LogP contribution in [0.25, 0.3) is 0 Å². The molecule has 0 radical (unpaired) electrons. The Labute approximate surface area is 103 Å². The zero-order chi connectivity index (χ0) is 12.5. The molecule has 1 nitrogen and oxygen atoms in total. The predicted molar refractivity (Wildman–Crippen MR) is 70.9 cm³/mol. The Balaban J connectivity index is 2.12. The molecular formula is C16H18O. The molecule has 1 unspecified atom stereocenters. The molecule has 0 spiro atoms. The van der Waals surface area contributed by atoms with Gasteiger partial charge in [-0.3, -0.25) is 0 Å². The Morgan fingerprint density at radius 2 is 1.76 bits per heavy atom. The second kappa shape index (κ2) is 4.30. The number of hydrogen-bond acceptors (Lipinski definition) is 1. The highest BCUT2D eigenvalue weighted by Crippen LogP contribution is 2.43. The Morgan fingerprint density at radius 3 is 2.24 bits per heavy atom. The van der Waals surface area contributed by atoms with Crippen LogP contribution in [-0.4, -0.2) is 7.11 Å². The molecule has 0 aromatic heterocycles. The molecule has 1 aromatic carbocycles. The average Bonchev–Trinajstić information content (AvgIpc) is 2.34. The van der Waals surface area contributed by atoms with Crippen LogP contribution in [0.2, 0.25) is 0 Å². The Morgan fingerprint density at radius 1 is 1.12 bits per heavy atom. The van der Waals surface area contributed by atoms with Gasteiger partial charge < -0.3 is 4.74 Å². The molecule has 17 heavy (non-hydrogen) atoms. The number of allylic oxidation sites excluding steroid dienone is 2.